The fraction of sp³-hybridized carbons (Fsp3) is 0.200. The SMILES string of the molecule is CN=C(N)N=CC=CN. The second kappa shape index (κ2) is 4.83. The van der Waals surface area contributed by atoms with Gasteiger partial charge in [-0.15, -0.1) is 0 Å². The lowest BCUT2D eigenvalue weighted by Gasteiger charge is -1.82. The molecule has 4 nitrogen and oxygen atoms in total. The topological polar surface area (TPSA) is 76.8 Å². The Labute approximate surface area is 54.0 Å². The number of hydrogen-bond acceptors (Lipinski definition) is 2. The average molecular weight is 126 g/mol. The molecule has 4 N–H and O–H groups in total. The second-order valence-electron chi connectivity index (χ2n) is 1.24. The zero-order valence-electron chi connectivity index (χ0n) is 5.28. The molecule has 0 aromatic heterocycles. The highest BCUT2D eigenvalue weighted by Gasteiger charge is 1.74. The summed E-state index contributed by atoms with van der Waals surface area (Å²) in [5, 5.41) is 0. The molecule has 0 amide bonds. The summed E-state index contributed by atoms with van der Waals surface area (Å²) in [7, 11) is 1.57. The van der Waals surface area contributed by atoms with Crippen molar-refractivity contribution in [3.05, 3.63) is 12.3 Å². The number of hydrogen-bond donors (Lipinski definition) is 2. The van der Waals surface area contributed by atoms with Gasteiger partial charge < -0.3 is 11.5 Å². The van der Waals surface area contributed by atoms with Gasteiger partial charge in [0.15, 0.2) is 0 Å². The summed E-state index contributed by atoms with van der Waals surface area (Å²) in [4.78, 5) is 7.25. The van der Waals surface area contributed by atoms with Crippen LogP contribution < -0.4 is 11.5 Å². The number of aliphatic imine (C=N–C) groups is 2. The number of rotatable bonds is 1. The molecule has 9 heavy (non-hydrogen) atoms. The van der Waals surface area contributed by atoms with Crippen molar-refractivity contribution in [2.75, 3.05) is 7.05 Å². The summed E-state index contributed by atoms with van der Waals surface area (Å²) in [5.74, 6) is 0.244. The molecule has 0 spiro atoms. The molecule has 0 aromatic carbocycles. The lowest BCUT2D eigenvalue weighted by atomic mass is 10.7. The van der Waals surface area contributed by atoms with Crippen LogP contribution in [0.2, 0.25) is 0 Å². The van der Waals surface area contributed by atoms with Crippen LogP contribution in [0.15, 0.2) is 22.3 Å². The van der Waals surface area contributed by atoms with Crippen LogP contribution in [0.1, 0.15) is 0 Å². The molecular weight excluding hydrogens is 116 g/mol. The first kappa shape index (κ1) is 7.68. The molecule has 0 aliphatic carbocycles. The zero-order chi connectivity index (χ0) is 7.11. The van der Waals surface area contributed by atoms with Crippen molar-refractivity contribution < 1.29 is 0 Å². The van der Waals surface area contributed by atoms with E-state index in [0.717, 1.165) is 0 Å². The smallest absolute Gasteiger partial charge is 0.214 e. The van der Waals surface area contributed by atoms with Crippen molar-refractivity contribution in [2.24, 2.45) is 21.5 Å². The standard InChI is InChI=1S/C5H10N4/c1-8-5(7)9-4-2-3-6/h2-4H,6H2,1H3,(H2,7,8). The van der Waals surface area contributed by atoms with Crippen molar-refractivity contribution >= 4 is 12.2 Å². The third kappa shape index (κ3) is 4.53. The predicted octanol–water partition coefficient (Wildman–Crippen LogP) is -0.526. The lowest BCUT2D eigenvalue weighted by Crippen LogP contribution is -2.07. The van der Waals surface area contributed by atoms with Crippen LogP contribution in [-0.2, 0) is 0 Å². The minimum atomic E-state index is 0.244. The van der Waals surface area contributed by atoms with Gasteiger partial charge in [0.25, 0.3) is 0 Å². The number of nitrogens with zero attached hydrogens (tertiary/aromatic N) is 2. The summed E-state index contributed by atoms with van der Waals surface area (Å²) in [5.41, 5.74) is 10.2. The van der Waals surface area contributed by atoms with Gasteiger partial charge in [0, 0.05) is 13.3 Å². The van der Waals surface area contributed by atoms with Crippen LogP contribution in [0, 0.1) is 0 Å². The van der Waals surface area contributed by atoms with Gasteiger partial charge in [-0.3, -0.25) is 4.99 Å². The van der Waals surface area contributed by atoms with E-state index < -0.39 is 0 Å². The van der Waals surface area contributed by atoms with E-state index in [2.05, 4.69) is 9.98 Å². The van der Waals surface area contributed by atoms with E-state index in [9.17, 15) is 0 Å². The van der Waals surface area contributed by atoms with E-state index >= 15 is 0 Å². The van der Waals surface area contributed by atoms with Gasteiger partial charge in [-0.05, 0) is 12.3 Å². The molecule has 0 fully saturated rings. The molecule has 0 radical (unpaired) electrons. The highest BCUT2D eigenvalue weighted by atomic mass is 15.0. The summed E-state index contributed by atoms with van der Waals surface area (Å²) < 4.78 is 0. The number of nitrogens with two attached hydrogens (primary N) is 2. The highest BCUT2D eigenvalue weighted by Crippen LogP contribution is 1.66. The van der Waals surface area contributed by atoms with Crippen molar-refractivity contribution in [2.45, 2.75) is 0 Å². The normalized spacial score (nSPS) is 13.7. The van der Waals surface area contributed by atoms with Gasteiger partial charge in [-0.1, -0.05) is 0 Å². The van der Waals surface area contributed by atoms with Gasteiger partial charge in [0.2, 0.25) is 5.96 Å². The first-order chi connectivity index (χ1) is 4.31. The highest BCUT2D eigenvalue weighted by molar-refractivity contribution is 5.89. The predicted molar refractivity (Wildman–Crippen MR) is 39.4 cm³/mol. The summed E-state index contributed by atoms with van der Waals surface area (Å²) in [6.07, 6.45) is 4.41. The molecule has 0 aromatic rings. The zero-order valence-corrected chi connectivity index (χ0v) is 5.28. The molecule has 0 saturated carbocycles. The Kier molecular flexibility index (Phi) is 4.12. The average Bonchev–Trinajstić information content (AvgIpc) is 1.89. The Bertz CT molecular complexity index is 145. The van der Waals surface area contributed by atoms with Crippen molar-refractivity contribution in [3.8, 4) is 0 Å². The monoisotopic (exact) mass is 126 g/mol. The fourth-order valence-corrected chi connectivity index (χ4v) is 0.227. The molecule has 0 atom stereocenters. The van der Waals surface area contributed by atoms with E-state index in [1.165, 1.54) is 12.4 Å². The Balaban J connectivity index is 3.71. The molecule has 0 aliphatic heterocycles. The molecule has 0 rings (SSSR count). The number of allylic oxidation sites excluding steroid dienone is 1. The van der Waals surface area contributed by atoms with Crippen LogP contribution in [0.5, 0.6) is 0 Å². The Morgan fingerprint density at radius 1 is 1.56 bits per heavy atom. The molecule has 0 bridgehead atoms. The Morgan fingerprint density at radius 2 is 2.22 bits per heavy atom. The maximum Gasteiger partial charge on any atom is 0.214 e. The van der Waals surface area contributed by atoms with Gasteiger partial charge in [0.1, 0.15) is 0 Å². The minimum Gasteiger partial charge on any atom is -0.405 e. The molecule has 4 heteroatoms. The van der Waals surface area contributed by atoms with Crippen LogP contribution in [0.4, 0.5) is 0 Å². The van der Waals surface area contributed by atoms with Gasteiger partial charge in [-0.25, -0.2) is 4.99 Å². The fourth-order valence-electron chi connectivity index (χ4n) is 0.227. The molecule has 0 unspecified atom stereocenters. The van der Waals surface area contributed by atoms with Crippen LogP contribution >= 0.6 is 0 Å². The van der Waals surface area contributed by atoms with Crippen molar-refractivity contribution in [1.29, 1.82) is 0 Å². The molecule has 0 saturated heterocycles. The van der Waals surface area contributed by atoms with Crippen LogP contribution in [0.25, 0.3) is 0 Å². The first-order valence-electron chi connectivity index (χ1n) is 2.44. The van der Waals surface area contributed by atoms with E-state index in [1.54, 1.807) is 13.1 Å². The van der Waals surface area contributed by atoms with E-state index in [-0.39, 0.29) is 5.96 Å². The van der Waals surface area contributed by atoms with Gasteiger partial charge in [0.05, 0.1) is 0 Å². The van der Waals surface area contributed by atoms with E-state index in [4.69, 9.17) is 11.5 Å². The molecule has 0 aliphatic rings. The van der Waals surface area contributed by atoms with Crippen molar-refractivity contribution in [1.82, 2.24) is 0 Å². The Hall–Kier alpha value is -1.32. The quantitative estimate of drug-likeness (QED) is 0.366. The van der Waals surface area contributed by atoms with Crippen LogP contribution in [-0.4, -0.2) is 19.2 Å². The molecule has 50 valence electrons. The van der Waals surface area contributed by atoms with Crippen molar-refractivity contribution in [3.63, 3.8) is 0 Å². The van der Waals surface area contributed by atoms with Gasteiger partial charge in [-0.2, -0.15) is 0 Å². The maximum absolute atomic E-state index is 5.19. The third-order valence-electron chi connectivity index (χ3n) is 0.633. The van der Waals surface area contributed by atoms with Gasteiger partial charge >= 0.3 is 0 Å². The van der Waals surface area contributed by atoms with E-state index in [0.29, 0.717) is 0 Å². The largest absolute Gasteiger partial charge is 0.405 e. The summed E-state index contributed by atoms with van der Waals surface area (Å²) in [6.45, 7) is 0. The lowest BCUT2D eigenvalue weighted by molar-refractivity contribution is 1.36. The molecular formula is C5H10N4. The van der Waals surface area contributed by atoms with E-state index in [1.807, 2.05) is 0 Å². The third-order valence-corrected chi connectivity index (χ3v) is 0.633. The number of guanidine groups is 1. The second-order valence-corrected chi connectivity index (χ2v) is 1.24. The Morgan fingerprint density at radius 3 is 2.67 bits per heavy atom. The molecule has 0 heterocycles. The maximum atomic E-state index is 5.19. The summed E-state index contributed by atoms with van der Waals surface area (Å²) >= 11 is 0. The van der Waals surface area contributed by atoms with Crippen LogP contribution in [0.3, 0.4) is 0 Å². The summed E-state index contributed by atoms with van der Waals surface area (Å²) in [6, 6.07) is 0. The first-order valence-corrected chi connectivity index (χ1v) is 2.44. The minimum absolute atomic E-state index is 0.244.